The van der Waals surface area contributed by atoms with Crippen molar-refractivity contribution in [3.8, 4) is 5.75 Å². The summed E-state index contributed by atoms with van der Waals surface area (Å²) in [6.45, 7) is -3.00. The van der Waals surface area contributed by atoms with Crippen molar-refractivity contribution in [3.63, 3.8) is 0 Å². The van der Waals surface area contributed by atoms with Gasteiger partial charge in [0.05, 0.1) is 6.21 Å². The van der Waals surface area contributed by atoms with Crippen LogP contribution in [0.5, 0.6) is 5.75 Å². The quantitative estimate of drug-likeness (QED) is 0.461. The van der Waals surface area contributed by atoms with Crippen LogP contribution in [-0.4, -0.2) is 34.0 Å². The molecule has 118 valence electrons. The number of para-hydroxylation sites is 1. The first kappa shape index (κ1) is 16.3. The molecule has 0 radical (unpaired) electrons. The zero-order valence-corrected chi connectivity index (χ0v) is 12.0. The predicted molar refractivity (Wildman–Crippen MR) is 72.8 cm³/mol. The van der Waals surface area contributed by atoms with Crippen LogP contribution >= 0.6 is 11.8 Å². The SMILES string of the molecule is CSc1nnc(C(F)F)n1/N=C/c1ccccc1OC(F)F. The smallest absolute Gasteiger partial charge is 0.387 e. The number of aromatic nitrogens is 3. The van der Waals surface area contributed by atoms with E-state index in [-0.39, 0.29) is 16.5 Å². The zero-order valence-electron chi connectivity index (χ0n) is 11.2. The highest BCUT2D eigenvalue weighted by molar-refractivity contribution is 7.98. The van der Waals surface area contributed by atoms with Crippen LogP contribution < -0.4 is 4.74 Å². The maximum atomic E-state index is 12.8. The lowest BCUT2D eigenvalue weighted by Crippen LogP contribution is -2.05. The lowest BCUT2D eigenvalue weighted by molar-refractivity contribution is -0.0499. The van der Waals surface area contributed by atoms with E-state index in [1.54, 1.807) is 12.3 Å². The molecule has 1 aromatic heterocycles. The highest BCUT2D eigenvalue weighted by atomic mass is 32.2. The van der Waals surface area contributed by atoms with E-state index in [1.807, 2.05) is 0 Å². The first-order valence-corrected chi connectivity index (χ1v) is 7.11. The molecule has 0 aliphatic carbocycles. The van der Waals surface area contributed by atoms with E-state index in [2.05, 4.69) is 20.0 Å². The largest absolute Gasteiger partial charge is 0.434 e. The Morgan fingerprint density at radius 3 is 2.59 bits per heavy atom. The second-order valence-corrected chi connectivity index (χ2v) is 4.59. The van der Waals surface area contributed by atoms with Crippen molar-refractivity contribution < 1.29 is 22.3 Å². The molecule has 0 aliphatic rings. The number of hydrogen-bond donors (Lipinski definition) is 0. The fraction of sp³-hybridized carbons (Fsp3) is 0.250. The van der Waals surface area contributed by atoms with Crippen LogP contribution in [0.4, 0.5) is 17.6 Å². The van der Waals surface area contributed by atoms with Gasteiger partial charge in [0, 0.05) is 5.56 Å². The van der Waals surface area contributed by atoms with Crippen LogP contribution in [0.15, 0.2) is 34.5 Å². The second kappa shape index (κ2) is 7.25. The molecule has 0 saturated heterocycles. The van der Waals surface area contributed by atoms with Gasteiger partial charge >= 0.3 is 6.61 Å². The average molecular weight is 334 g/mol. The van der Waals surface area contributed by atoms with Gasteiger partial charge in [0.25, 0.3) is 6.43 Å². The lowest BCUT2D eigenvalue weighted by Gasteiger charge is -2.07. The van der Waals surface area contributed by atoms with E-state index < -0.39 is 18.9 Å². The molecule has 0 bridgehead atoms. The zero-order chi connectivity index (χ0) is 16.1. The molecular formula is C12H10F4N4OS. The summed E-state index contributed by atoms with van der Waals surface area (Å²) >= 11 is 1.07. The summed E-state index contributed by atoms with van der Waals surface area (Å²) in [6.07, 6.45) is -0.107. The number of thioether (sulfide) groups is 1. The van der Waals surface area contributed by atoms with Gasteiger partial charge in [0.2, 0.25) is 11.0 Å². The highest BCUT2D eigenvalue weighted by Crippen LogP contribution is 2.23. The fourth-order valence-electron chi connectivity index (χ4n) is 1.56. The van der Waals surface area contributed by atoms with Gasteiger partial charge in [0.15, 0.2) is 0 Å². The molecule has 0 unspecified atom stereocenters. The molecule has 0 N–H and O–H groups in total. The summed E-state index contributed by atoms with van der Waals surface area (Å²) in [4.78, 5) is 0. The number of alkyl halides is 4. The number of nitrogens with zero attached hydrogens (tertiary/aromatic N) is 4. The van der Waals surface area contributed by atoms with Gasteiger partial charge in [0.1, 0.15) is 5.75 Å². The van der Waals surface area contributed by atoms with Gasteiger partial charge in [-0.1, -0.05) is 23.9 Å². The summed E-state index contributed by atoms with van der Waals surface area (Å²) in [7, 11) is 0. The van der Waals surface area contributed by atoms with Gasteiger partial charge in [-0.05, 0) is 18.4 Å². The molecule has 1 aromatic carbocycles. The summed E-state index contributed by atoms with van der Waals surface area (Å²) in [5.74, 6) is -0.744. The first-order chi connectivity index (χ1) is 10.5. The molecule has 5 nitrogen and oxygen atoms in total. The Labute approximate surface area is 127 Å². The maximum absolute atomic E-state index is 12.8. The minimum atomic E-state index is -3.00. The van der Waals surface area contributed by atoms with Crippen molar-refractivity contribution in [2.75, 3.05) is 6.26 Å². The molecule has 0 fully saturated rings. The van der Waals surface area contributed by atoms with Crippen molar-refractivity contribution in [2.45, 2.75) is 18.2 Å². The molecule has 2 aromatic rings. The van der Waals surface area contributed by atoms with Crippen molar-refractivity contribution in [1.29, 1.82) is 0 Å². The Kier molecular flexibility index (Phi) is 5.36. The van der Waals surface area contributed by atoms with Crippen molar-refractivity contribution in [1.82, 2.24) is 14.9 Å². The highest BCUT2D eigenvalue weighted by Gasteiger charge is 2.19. The standard InChI is InChI=1S/C12H10F4N4OS/c1-22-12-19-18-10(9(13)14)20(12)17-6-7-4-2-3-5-8(7)21-11(15)16/h2-6,9,11H,1H3/b17-6+. The Hall–Kier alpha value is -2.10. The minimum absolute atomic E-state index is 0.112. The molecular weight excluding hydrogens is 324 g/mol. The summed E-state index contributed by atoms with van der Waals surface area (Å²) < 4.78 is 55.5. The van der Waals surface area contributed by atoms with Crippen LogP contribution in [0.3, 0.4) is 0 Å². The Morgan fingerprint density at radius 2 is 1.95 bits per heavy atom. The molecule has 0 spiro atoms. The van der Waals surface area contributed by atoms with Crippen molar-refractivity contribution >= 4 is 18.0 Å². The normalized spacial score (nSPS) is 11.8. The molecule has 22 heavy (non-hydrogen) atoms. The summed E-state index contributed by atoms with van der Waals surface area (Å²) in [5.41, 5.74) is 0.212. The van der Waals surface area contributed by atoms with E-state index in [0.717, 1.165) is 22.7 Å². The molecule has 0 amide bonds. The Balaban J connectivity index is 2.35. The Bertz CT molecular complexity index is 662. The Morgan fingerprint density at radius 1 is 1.23 bits per heavy atom. The number of benzene rings is 1. The van der Waals surface area contributed by atoms with E-state index in [4.69, 9.17) is 0 Å². The topological polar surface area (TPSA) is 52.3 Å². The third-order valence-corrected chi connectivity index (χ3v) is 3.08. The van der Waals surface area contributed by atoms with Crippen molar-refractivity contribution in [2.24, 2.45) is 5.10 Å². The number of hydrogen-bond acceptors (Lipinski definition) is 5. The van der Waals surface area contributed by atoms with E-state index in [9.17, 15) is 17.6 Å². The molecule has 1 heterocycles. The number of halogens is 4. The van der Waals surface area contributed by atoms with E-state index in [1.165, 1.54) is 18.2 Å². The van der Waals surface area contributed by atoms with Crippen LogP contribution in [0.2, 0.25) is 0 Å². The molecule has 2 rings (SSSR count). The number of ether oxygens (including phenoxy) is 1. The molecule has 10 heteroatoms. The summed E-state index contributed by atoms with van der Waals surface area (Å²) in [5, 5.41) is 10.9. The molecule has 0 aliphatic heterocycles. The van der Waals surface area contributed by atoms with E-state index in [0.29, 0.717) is 0 Å². The van der Waals surface area contributed by atoms with Gasteiger partial charge < -0.3 is 4.74 Å². The third kappa shape index (κ3) is 3.75. The predicted octanol–water partition coefficient (Wildman–Crippen LogP) is 3.42. The van der Waals surface area contributed by atoms with Gasteiger partial charge in [-0.2, -0.15) is 18.6 Å². The van der Waals surface area contributed by atoms with Gasteiger partial charge in [-0.15, -0.1) is 10.2 Å². The van der Waals surface area contributed by atoms with Crippen LogP contribution in [0.1, 0.15) is 17.8 Å². The first-order valence-electron chi connectivity index (χ1n) is 5.88. The van der Waals surface area contributed by atoms with E-state index >= 15 is 0 Å². The lowest BCUT2D eigenvalue weighted by atomic mass is 10.2. The number of rotatable bonds is 6. The van der Waals surface area contributed by atoms with Crippen molar-refractivity contribution in [3.05, 3.63) is 35.7 Å². The van der Waals surface area contributed by atoms with Gasteiger partial charge in [-0.3, -0.25) is 0 Å². The fourth-order valence-corrected chi connectivity index (χ4v) is 2.00. The molecule has 0 atom stereocenters. The second-order valence-electron chi connectivity index (χ2n) is 3.82. The van der Waals surface area contributed by atoms with Crippen LogP contribution in [0, 0.1) is 0 Å². The third-order valence-electron chi connectivity index (χ3n) is 2.46. The minimum Gasteiger partial charge on any atom is -0.434 e. The maximum Gasteiger partial charge on any atom is 0.387 e. The average Bonchev–Trinajstić information content (AvgIpc) is 2.89. The summed E-state index contributed by atoms with van der Waals surface area (Å²) in [6, 6.07) is 5.87. The monoisotopic (exact) mass is 334 g/mol. The molecule has 0 saturated carbocycles. The van der Waals surface area contributed by atoms with Gasteiger partial charge in [-0.25, -0.2) is 8.78 Å². The van der Waals surface area contributed by atoms with Crippen LogP contribution in [-0.2, 0) is 0 Å². The van der Waals surface area contributed by atoms with Crippen LogP contribution in [0.25, 0.3) is 0 Å².